The number of azo groups is 1. The summed E-state index contributed by atoms with van der Waals surface area (Å²) in [5.41, 5.74) is 2.76. The Morgan fingerprint density at radius 1 is 0.786 bits per heavy atom. The van der Waals surface area contributed by atoms with Gasteiger partial charge in [0, 0.05) is 5.56 Å². The second-order valence-electron chi connectivity index (χ2n) is 5.94. The maximum atomic E-state index is 14.0. The summed E-state index contributed by atoms with van der Waals surface area (Å²) >= 11 is 0. The summed E-state index contributed by atoms with van der Waals surface area (Å²) < 4.78 is 28.0. The summed E-state index contributed by atoms with van der Waals surface area (Å²) in [6, 6.07) is 18.2. The lowest BCUT2D eigenvalue weighted by Gasteiger charge is -2.01. The van der Waals surface area contributed by atoms with Crippen LogP contribution in [0, 0.1) is 34.8 Å². The molecule has 136 valence electrons. The molecule has 5 heteroatoms. The molecule has 3 aromatic rings. The quantitative estimate of drug-likeness (QED) is 0.398. The van der Waals surface area contributed by atoms with Crippen LogP contribution in [0.25, 0.3) is 0 Å². The average molecular weight is 371 g/mol. The van der Waals surface area contributed by atoms with Crippen molar-refractivity contribution in [3.8, 4) is 17.9 Å². The Morgan fingerprint density at radius 2 is 1.29 bits per heavy atom. The van der Waals surface area contributed by atoms with Crippen molar-refractivity contribution in [2.24, 2.45) is 10.2 Å². The molecule has 3 nitrogen and oxygen atoms in total. The van der Waals surface area contributed by atoms with E-state index in [0.717, 1.165) is 0 Å². The predicted octanol–water partition coefficient (Wildman–Crippen LogP) is 6.21. The molecule has 0 saturated heterocycles. The van der Waals surface area contributed by atoms with Gasteiger partial charge in [-0.25, -0.2) is 8.78 Å². The molecule has 28 heavy (non-hydrogen) atoms. The summed E-state index contributed by atoms with van der Waals surface area (Å²) in [5, 5.41) is 17.0. The normalized spacial score (nSPS) is 10.4. The molecule has 0 aromatic heterocycles. The van der Waals surface area contributed by atoms with Gasteiger partial charge in [0.25, 0.3) is 0 Å². The first-order valence-electron chi connectivity index (χ1n) is 8.61. The van der Waals surface area contributed by atoms with Gasteiger partial charge in [-0.1, -0.05) is 18.8 Å². The number of aryl methyl sites for hydroxylation is 1. The van der Waals surface area contributed by atoms with Gasteiger partial charge >= 0.3 is 0 Å². The molecule has 0 aliphatic heterocycles. The van der Waals surface area contributed by atoms with E-state index in [9.17, 15) is 8.78 Å². The van der Waals surface area contributed by atoms with Crippen LogP contribution in [0.1, 0.15) is 29.2 Å². The lowest BCUT2D eigenvalue weighted by atomic mass is 10.1. The number of nitriles is 1. The van der Waals surface area contributed by atoms with Crippen LogP contribution in [0.15, 0.2) is 70.9 Å². The largest absolute Gasteiger partial charge is 0.206 e. The maximum absolute atomic E-state index is 14.0. The molecular formula is C23H15F2N3. The maximum Gasteiger partial charge on any atom is 0.142 e. The fourth-order valence-electron chi connectivity index (χ4n) is 2.41. The molecule has 0 N–H and O–H groups in total. The molecule has 0 spiro atoms. The fourth-order valence-corrected chi connectivity index (χ4v) is 2.41. The van der Waals surface area contributed by atoms with Crippen LogP contribution in [0.2, 0.25) is 0 Å². The van der Waals surface area contributed by atoms with Gasteiger partial charge in [-0.2, -0.15) is 15.5 Å². The van der Waals surface area contributed by atoms with Gasteiger partial charge < -0.3 is 0 Å². The van der Waals surface area contributed by atoms with E-state index in [4.69, 9.17) is 5.26 Å². The molecule has 0 radical (unpaired) electrons. The Bertz CT molecular complexity index is 1090. The van der Waals surface area contributed by atoms with Crippen molar-refractivity contribution in [2.45, 2.75) is 13.3 Å². The Kier molecular flexibility index (Phi) is 5.89. The second-order valence-corrected chi connectivity index (χ2v) is 5.94. The zero-order valence-electron chi connectivity index (χ0n) is 15.1. The van der Waals surface area contributed by atoms with Crippen LogP contribution in [-0.4, -0.2) is 0 Å². The van der Waals surface area contributed by atoms with E-state index in [1.165, 1.54) is 12.1 Å². The third-order valence-electron chi connectivity index (χ3n) is 3.99. The average Bonchev–Trinajstić information content (AvgIpc) is 2.72. The van der Waals surface area contributed by atoms with Gasteiger partial charge in [0.2, 0.25) is 0 Å². The molecule has 0 aliphatic rings. The first-order valence-corrected chi connectivity index (χ1v) is 8.61. The topological polar surface area (TPSA) is 48.5 Å². The summed E-state index contributed by atoms with van der Waals surface area (Å²) in [4.78, 5) is 0. The third-order valence-corrected chi connectivity index (χ3v) is 3.99. The Balaban J connectivity index is 1.74. The first kappa shape index (κ1) is 18.9. The molecular weight excluding hydrogens is 356 g/mol. The van der Waals surface area contributed by atoms with Crippen LogP contribution < -0.4 is 0 Å². The fraction of sp³-hybridized carbons (Fsp3) is 0.0870. The minimum absolute atomic E-state index is 0.234. The monoisotopic (exact) mass is 371 g/mol. The van der Waals surface area contributed by atoms with E-state index in [-0.39, 0.29) is 5.56 Å². The standard InChI is InChI=1S/C23H15F2N3/c1-2-16-13-22(24)21(23(25)14-16)12-7-17-3-8-19(9-4-17)27-28-20-10-5-18(15-26)6-11-20/h3-6,8-11,13-14H,2H2,1H3. The van der Waals surface area contributed by atoms with E-state index < -0.39 is 11.6 Å². The van der Waals surface area contributed by atoms with Crippen molar-refractivity contribution in [1.82, 2.24) is 0 Å². The molecule has 3 rings (SSSR count). The van der Waals surface area contributed by atoms with Gasteiger partial charge in [-0.15, -0.1) is 0 Å². The van der Waals surface area contributed by atoms with Crippen molar-refractivity contribution >= 4 is 11.4 Å². The second kappa shape index (κ2) is 8.70. The zero-order valence-corrected chi connectivity index (χ0v) is 15.1. The number of hydrogen-bond donors (Lipinski definition) is 0. The number of rotatable bonds is 3. The van der Waals surface area contributed by atoms with Crippen molar-refractivity contribution in [3.05, 3.63) is 94.6 Å². The lowest BCUT2D eigenvalue weighted by molar-refractivity contribution is 0.574. The molecule has 0 aliphatic carbocycles. The molecule has 0 amide bonds. The first-order chi connectivity index (χ1) is 13.6. The third kappa shape index (κ3) is 4.66. The van der Waals surface area contributed by atoms with Crippen molar-refractivity contribution in [3.63, 3.8) is 0 Å². The summed E-state index contributed by atoms with van der Waals surface area (Å²) in [6.45, 7) is 1.83. The molecule has 0 bridgehead atoms. The molecule has 0 atom stereocenters. The molecule has 0 saturated carbocycles. The van der Waals surface area contributed by atoms with E-state index in [1.807, 2.05) is 13.0 Å². The molecule has 0 unspecified atom stereocenters. The van der Waals surface area contributed by atoms with Gasteiger partial charge in [0.1, 0.15) is 11.6 Å². The summed E-state index contributed by atoms with van der Waals surface area (Å²) in [6.07, 6.45) is 0.556. The Morgan fingerprint density at radius 3 is 1.75 bits per heavy atom. The number of halogens is 2. The van der Waals surface area contributed by atoms with Crippen LogP contribution in [-0.2, 0) is 6.42 Å². The molecule has 0 heterocycles. The highest BCUT2D eigenvalue weighted by Crippen LogP contribution is 2.19. The van der Waals surface area contributed by atoms with Crippen LogP contribution >= 0.6 is 0 Å². The summed E-state index contributed by atoms with van der Waals surface area (Å²) in [7, 11) is 0. The van der Waals surface area contributed by atoms with Crippen molar-refractivity contribution in [2.75, 3.05) is 0 Å². The lowest BCUT2D eigenvalue weighted by Crippen LogP contribution is -1.93. The highest BCUT2D eigenvalue weighted by molar-refractivity contribution is 5.49. The van der Waals surface area contributed by atoms with Gasteiger partial charge in [-0.05, 0) is 72.6 Å². The highest BCUT2D eigenvalue weighted by atomic mass is 19.1. The Labute approximate surface area is 162 Å². The van der Waals surface area contributed by atoms with Crippen LogP contribution in [0.3, 0.4) is 0 Å². The van der Waals surface area contributed by atoms with E-state index in [1.54, 1.807) is 48.5 Å². The van der Waals surface area contributed by atoms with Crippen molar-refractivity contribution < 1.29 is 8.78 Å². The minimum atomic E-state index is -0.655. The zero-order chi connectivity index (χ0) is 19.9. The SMILES string of the molecule is CCc1cc(F)c(C#Cc2ccc(N=Nc3ccc(C#N)cc3)cc2)c(F)c1. The highest BCUT2D eigenvalue weighted by Gasteiger charge is 2.08. The Hall–Kier alpha value is -3.83. The smallest absolute Gasteiger partial charge is 0.142 e. The van der Waals surface area contributed by atoms with E-state index in [0.29, 0.717) is 34.5 Å². The van der Waals surface area contributed by atoms with Crippen LogP contribution in [0.5, 0.6) is 0 Å². The van der Waals surface area contributed by atoms with E-state index in [2.05, 4.69) is 22.1 Å². The molecule has 0 fully saturated rings. The van der Waals surface area contributed by atoms with E-state index >= 15 is 0 Å². The predicted molar refractivity (Wildman–Crippen MR) is 103 cm³/mol. The van der Waals surface area contributed by atoms with Gasteiger partial charge in [0.15, 0.2) is 0 Å². The number of nitrogens with zero attached hydrogens (tertiary/aromatic N) is 3. The van der Waals surface area contributed by atoms with Crippen molar-refractivity contribution in [1.29, 1.82) is 5.26 Å². The van der Waals surface area contributed by atoms with Crippen LogP contribution in [0.4, 0.5) is 20.2 Å². The van der Waals surface area contributed by atoms with Gasteiger partial charge in [-0.3, -0.25) is 0 Å². The molecule has 3 aromatic carbocycles. The minimum Gasteiger partial charge on any atom is -0.206 e. The summed E-state index contributed by atoms with van der Waals surface area (Å²) in [5.74, 6) is 4.01. The number of benzene rings is 3. The van der Waals surface area contributed by atoms with Gasteiger partial charge in [0.05, 0.1) is 28.6 Å². The number of hydrogen-bond acceptors (Lipinski definition) is 3.